The molecule has 6 heteroatoms. The summed E-state index contributed by atoms with van der Waals surface area (Å²) in [6.07, 6.45) is 1.39. The number of carbonyl (C=O) groups excluding carboxylic acids is 1. The molecule has 0 aromatic heterocycles. The molecule has 3 rings (SSSR count). The molecule has 0 N–H and O–H groups in total. The molecule has 0 unspecified atom stereocenters. The molecule has 4 nitrogen and oxygen atoms in total. The molecule has 1 amide bonds. The zero-order valence-corrected chi connectivity index (χ0v) is 16.8. The van der Waals surface area contributed by atoms with Gasteiger partial charge in [-0.05, 0) is 42.7 Å². The quantitative estimate of drug-likeness (QED) is 0.608. The van der Waals surface area contributed by atoms with Gasteiger partial charge in [0.2, 0.25) is 0 Å². The molecule has 1 aliphatic rings. The zero-order chi connectivity index (χ0) is 20.3. The lowest BCUT2D eigenvalue weighted by Gasteiger charge is -2.30. The largest absolute Gasteiger partial charge is 0.497 e. The van der Waals surface area contributed by atoms with Gasteiger partial charge in [-0.2, -0.15) is 0 Å². The highest BCUT2D eigenvalue weighted by Crippen LogP contribution is 2.34. The van der Waals surface area contributed by atoms with Gasteiger partial charge < -0.3 is 14.4 Å². The SMILES string of the molecule is C=C(C)CCOc1cc(OC)cc2c1C(=O)N(Cc1ccc(F)c(Cl)c1)CC2. The summed E-state index contributed by atoms with van der Waals surface area (Å²) in [6.45, 7) is 7.16. The molecular formula is C22H23ClFNO3. The van der Waals surface area contributed by atoms with Gasteiger partial charge in [-0.15, -0.1) is 6.58 Å². The van der Waals surface area contributed by atoms with E-state index in [2.05, 4.69) is 6.58 Å². The van der Waals surface area contributed by atoms with Gasteiger partial charge in [-0.3, -0.25) is 4.79 Å². The van der Waals surface area contributed by atoms with Gasteiger partial charge in [0.15, 0.2) is 0 Å². The van der Waals surface area contributed by atoms with Gasteiger partial charge in [-0.1, -0.05) is 23.2 Å². The lowest BCUT2D eigenvalue weighted by molar-refractivity contribution is 0.0721. The number of benzene rings is 2. The molecule has 0 bridgehead atoms. The third-order valence-corrected chi connectivity index (χ3v) is 4.98. The van der Waals surface area contributed by atoms with Crippen LogP contribution in [0.2, 0.25) is 5.02 Å². The van der Waals surface area contributed by atoms with Crippen LogP contribution in [0.1, 0.15) is 34.8 Å². The monoisotopic (exact) mass is 403 g/mol. The Balaban J connectivity index is 1.86. The van der Waals surface area contributed by atoms with E-state index < -0.39 is 5.82 Å². The van der Waals surface area contributed by atoms with Crippen LogP contribution in [0.15, 0.2) is 42.5 Å². The third-order valence-electron chi connectivity index (χ3n) is 4.69. The van der Waals surface area contributed by atoms with Crippen molar-refractivity contribution in [3.8, 4) is 11.5 Å². The molecule has 1 heterocycles. The van der Waals surface area contributed by atoms with Crippen molar-refractivity contribution in [1.29, 1.82) is 0 Å². The summed E-state index contributed by atoms with van der Waals surface area (Å²) in [5.74, 6) is 0.591. The van der Waals surface area contributed by atoms with Crippen LogP contribution in [-0.4, -0.2) is 31.1 Å². The summed E-state index contributed by atoms with van der Waals surface area (Å²) in [6, 6.07) is 8.13. The van der Waals surface area contributed by atoms with Crippen molar-refractivity contribution < 1.29 is 18.7 Å². The minimum atomic E-state index is -0.471. The molecule has 0 radical (unpaired) electrons. The van der Waals surface area contributed by atoms with Crippen molar-refractivity contribution in [1.82, 2.24) is 4.90 Å². The fraction of sp³-hybridized carbons (Fsp3) is 0.318. The Kier molecular flexibility index (Phi) is 6.25. The Morgan fingerprint density at radius 3 is 2.79 bits per heavy atom. The number of hydrogen-bond acceptors (Lipinski definition) is 3. The van der Waals surface area contributed by atoms with Crippen molar-refractivity contribution in [3.05, 3.63) is 70.0 Å². The third kappa shape index (κ3) is 4.47. The van der Waals surface area contributed by atoms with Crippen LogP contribution in [0.5, 0.6) is 11.5 Å². The Labute approximate surface area is 169 Å². The van der Waals surface area contributed by atoms with Gasteiger partial charge in [0.25, 0.3) is 5.91 Å². The second-order valence-corrected chi connectivity index (χ2v) is 7.35. The molecule has 148 valence electrons. The minimum absolute atomic E-state index is 0.0518. The second kappa shape index (κ2) is 8.65. The van der Waals surface area contributed by atoms with E-state index in [0.717, 1.165) is 16.7 Å². The first-order valence-electron chi connectivity index (χ1n) is 9.10. The molecular weight excluding hydrogens is 381 g/mol. The van der Waals surface area contributed by atoms with E-state index in [1.165, 1.54) is 6.07 Å². The molecule has 0 saturated carbocycles. The summed E-state index contributed by atoms with van der Waals surface area (Å²) >= 11 is 5.87. The number of fused-ring (bicyclic) bond motifs is 1. The van der Waals surface area contributed by atoms with Crippen LogP contribution in [-0.2, 0) is 13.0 Å². The maximum absolute atomic E-state index is 13.4. The predicted octanol–water partition coefficient (Wildman–Crippen LogP) is 5.03. The first-order chi connectivity index (χ1) is 13.4. The van der Waals surface area contributed by atoms with Crippen molar-refractivity contribution in [2.24, 2.45) is 0 Å². The molecule has 0 atom stereocenters. The van der Waals surface area contributed by atoms with Crippen molar-refractivity contribution in [2.75, 3.05) is 20.3 Å². The number of hydrogen-bond donors (Lipinski definition) is 0. The van der Waals surface area contributed by atoms with E-state index in [0.29, 0.717) is 49.6 Å². The first-order valence-corrected chi connectivity index (χ1v) is 9.48. The summed E-state index contributed by atoms with van der Waals surface area (Å²) in [4.78, 5) is 14.9. The number of carbonyl (C=O) groups is 1. The van der Waals surface area contributed by atoms with Crippen molar-refractivity contribution in [2.45, 2.75) is 26.3 Å². The molecule has 1 aliphatic heterocycles. The van der Waals surface area contributed by atoms with Gasteiger partial charge in [-0.25, -0.2) is 4.39 Å². The highest BCUT2D eigenvalue weighted by atomic mass is 35.5. The summed E-state index contributed by atoms with van der Waals surface area (Å²) in [7, 11) is 1.59. The van der Waals surface area contributed by atoms with E-state index >= 15 is 0 Å². The van der Waals surface area contributed by atoms with Crippen LogP contribution in [0.4, 0.5) is 4.39 Å². The van der Waals surface area contributed by atoms with E-state index in [-0.39, 0.29) is 10.9 Å². The zero-order valence-electron chi connectivity index (χ0n) is 16.1. The number of amides is 1. The molecule has 2 aromatic carbocycles. The number of ether oxygens (including phenoxy) is 2. The molecule has 0 aliphatic carbocycles. The molecule has 0 spiro atoms. The standard InChI is InChI=1S/C22H23ClFNO3/c1-14(2)7-9-28-20-12-17(27-3)11-16-6-8-25(22(26)21(16)20)13-15-4-5-19(24)18(23)10-15/h4-5,10-12H,1,6-9,13H2,2-3H3. The van der Waals surface area contributed by atoms with Gasteiger partial charge in [0.1, 0.15) is 17.3 Å². The maximum atomic E-state index is 13.4. The maximum Gasteiger partial charge on any atom is 0.258 e. The topological polar surface area (TPSA) is 38.8 Å². The number of halogens is 2. The van der Waals surface area contributed by atoms with Crippen LogP contribution >= 0.6 is 11.6 Å². The Bertz CT molecular complexity index is 913. The molecule has 2 aromatic rings. The van der Waals surface area contributed by atoms with Crippen LogP contribution < -0.4 is 9.47 Å². The average Bonchev–Trinajstić information content (AvgIpc) is 2.66. The lowest BCUT2D eigenvalue weighted by Crippen LogP contribution is -2.37. The number of nitrogens with zero attached hydrogens (tertiary/aromatic N) is 1. The Hall–Kier alpha value is -2.53. The van der Waals surface area contributed by atoms with Gasteiger partial charge in [0, 0.05) is 25.6 Å². The normalized spacial score (nSPS) is 13.3. The van der Waals surface area contributed by atoms with Crippen LogP contribution in [0.3, 0.4) is 0 Å². The molecule has 0 fully saturated rings. The van der Waals surface area contributed by atoms with Gasteiger partial charge >= 0.3 is 0 Å². The predicted molar refractivity (Wildman–Crippen MR) is 108 cm³/mol. The summed E-state index contributed by atoms with van der Waals surface area (Å²) in [5.41, 5.74) is 3.25. The number of rotatable bonds is 7. The van der Waals surface area contributed by atoms with E-state index in [1.807, 2.05) is 13.0 Å². The average molecular weight is 404 g/mol. The second-order valence-electron chi connectivity index (χ2n) is 6.94. The fourth-order valence-electron chi connectivity index (χ4n) is 3.18. The summed E-state index contributed by atoms with van der Waals surface area (Å²) in [5, 5.41) is 0.0518. The lowest BCUT2D eigenvalue weighted by atomic mass is 9.97. The Morgan fingerprint density at radius 2 is 2.11 bits per heavy atom. The van der Waals surface area contributed by atoms with Crippen molar-refractivity contribution >= 4 is 17.5 Å². The highest BCUT2D eigenvalue weighted by Gasteiger charge is 2.29. The summed E-state index contributed by atoms with van der Waals surface area (Å²) < 4.78 is 24.7. The highest BCUT2D eigenvalue weighted by molar-refractivity contribution is 6.30. The molecule has 0 saturated heterocycles. The minimum Gasteiger partial charge on any atom is -0.497 e. The van der Waals surface area contributed by atoms with Gasteiger partial charge in [0.05, 0.1) is 24.3 Å². The smallest absolute Gasteiger partial charge is 0.258 e. The van der Waals surface area contributed by atoms with Crippen LogP contribution in [0.25, 0.3) is 0 Å². The van der Waals surface area contributed by atoms with E-state index in [4.69, 9.17) is 21.1 Å². The van der Waals surface area contributed by atoms with Crippen molar-refractivity contribution in [3.63, 3.8) is 0 Å². The first kappa shape index (κ1) is 20.2. The number of methoxy groups -OCH3 is 1. The van der Waals surface area contributed by atoms with E-state index in [9.17, 15) is 9.18 Å². The molecule has 28 heavy (non-hydrogen) atoms. The van der Waals surface area contributed by atoms with E-state index in [1.54, 1.807) is 30.2 Å². The van der Waals surface area contributed by atoms with Crippen LogP contribution in [0, 0.1) is 5.82 Å². The fourth-order valence-corrected chi connectivity index (χ4v) is 3.38. The Morgan fingerprint density at radius 1 is 1.32 bits per heavy atom.